The van der Waals surface area contributed by atoms with Gasteiger partial charge in [0.05, 0.1) is 5.57 Å². The van der Waals surface area contributed by atoms with Crippen molar-refractivity contribution in [3.63, 3.8) is 0 Å². The molecule has 2 unspecified atom stereocenters. The maximum Gasteiger partial charge on any atom is 0.336 e. The number of carbonyl (C=O) groups is 1. The largest absolute Gasteiger partial charge is 0.456 e. The summed E-state index contributed by atoms with van der Waals surface area (Å²) in [4.78, 5) is 11.5. The van der Waals surface area contributed by atoms with E-state index in [1.54, 1.807) is 6.92 Å². The number of carbonyl (C=O) groups excluding carboxylic acids is 1. The van der Waals surface area contributed by atoms with Gasteiger partial charge in [-0.3, -0.25) is 0 Å². The lowest BCUT2D eigenvalue weighted by atomic mass is 10.0. The number of aliphatic hydroxyl groups is 1. The maximum absolute atomic E-state index is 11.5. The van der Waals surface area contributed by atoms with Crippen molar-refractivity contribution in [2.45, 2.75) is 103 Å². The summed E-state index contributed by atoms with van der Waals surface area (Å²) in [6, 6.07) is 0. The number of ether oxygens (including phenoxy) is 1. The van der Waals surface area contributed by atoms with Gasteiger partial charge in [0.25, 0.3) is 0 Å². The summed E-state index contributed by atoms with van der Waals surface area (Å²) in [6.07, 6.45) is 19.1. The Morgan fingerprint density at radius 2 is 1.38 bits per heavy atom. The molecule has 0 spiro atoms. The van der Waals surface area contributed by atoms with Gasteiger partial charge in [-0.2, -0.15) is 0 Å². The van der Waals surface area contributed by atoms with Crippen molar-refractivity contribution in [1.29, 1.82) is 0 Å². The standard InChI is InChI=1S/C21H36O3/c1-3-4-5-6-7-8-9-10-11-12-13-14-15-16-17-19-20(22)18(2)24-21(19)23/h3,17-18,20,22H,1,4-16H2,2H3/b19-17-. The second kappa shape index (κ2) is 13.2. The molecule has 3 nitrogen and oxygen atoms in total. The van der Waals surface area contributed by atoms with Crippen LogP contribution in [0.5, 0.6) is 0 Å². The van der Waals surface area contributed by atoms with E-state index < -0.39 is 12.2 Å². The first-order valence-corrected chi connectivity index (χ1v) is 9.86. The van der Waals surface area contributed by atoms with E-state index in [0.29, 0.717) is 5.57 Å². The predicted molar refractivity (Wildman–Crippen MR) is 99.9 cm³/mol. The number of unbranched alkanes of at least 4 members (excludes halogenated alkanes) is 12. The number of cyclic esters (lactones) is 1. The molecule has 1 heterocycles. The molecule has 0 aromatic rings. The SMILES string of the molecule is C=CCCCCCCCCCCCCC/C=C1\C(=O)OC(C)C1O. The van der Waals surface area contributed by atoms with Crippen molar-refractivity contribution in [3.05, 3.63) is 24.3 Å². The highest BCUT2D eigenvalue weighted by Gasteiger charge is 2.34. The Bertz CT molecular complexity index is 387. The Balaban J connectivity index is 1.87. The van der Waals surface area contributed by atoms with E-state index in [0.717, 1.165) is 19.3 Å². The first-order valence-electron chi connectivity index (χ1n) is 9.86. The summed E-state index contributed by atoms with van der Waals surface area (Å²) in [5.74, 6) is -0.348. The molecule has 0 radical (unpaired) electrons. The molecule has 0 aromatic carbocycles. The molecular formula is C21H36O3. The number of hydrogen-bond donors (Lipinski definition) is 1. The predicted octanol–water partition coefficient (Wildman–Crippen LogP) is 5.48. The minimum Gasteiger partial charge on any atom is -0.456 e. The Morgan fingerprint density at radius 3 is 1.79 bits per heavy atom. The van der Waals surface area contributed by atoms with Crippen LogP contribution in [-0.2, 0) is 9.53 Å². The van der Waals surface area contributed by atoms with Gasteiger partial charge in [0.15, 0.2) is 0 Å². The van der Waals surface area contributed by atoms with E-state index in [4.69, 9.17) is 4.74 Å². The number of allylic oxidation sites excluding steroid dienone is 2. The van der Waals surface area contributed by atoms with E-state index in [-0.39, 0.29) is 5.97 Å². The van der Waals surface area contributed by atoms with E-state index in [1.165, 1.54) is 64.2 Å². The van der Waals surface area contributed by atoms with E-state index in [1.807, 2.05) is 12.2 Å². The Kier molecular flexibility index (Phi) is 11.5. The molecule has 0 saturated carbocycles. The number of rotatable bonds is 14. The molecule has 1 saturated heterocycles. The highest BCUT2D eigenvalue weighted by molar-refractivity contribution is 5.92. The number of hydrogen-bond acceptors (Lipinski definition) is 3. The zero-order valence-electron chi connectivity index (χ0n) is 15.5. The first kappa shape index (κ1) is 21.0. The molecular weight excluding hydrogens is 300 g/mol. The minimum absolute atomic E-state index is 0.348. The summed E-state index contributed by atoms with van der Waals surface area (Å²) in [6.45, 7) is 5.48. The Morgan fingerprint density at radius 1 is 0.917 bits per heavy atom. The Labute approximate surface area is 148 Å². The molecule has 1 N–H and O–H groups in total. The molecule has 1 aliphatic rings. The summed E-state index contributed by atoms with van der Waals surface area (Å²) in [5, 5.41) is 9.81. The number of aliphatic hydroxyl groups excluding tert-OH is 1. The molecule has 1 fully saturated rings. The average molecular weight is 337 g/mol. The van der Waals surface area contributed by atoms with Gasteiger partial charge >= 0.3 is 5.97 Å². The van der Waals surface area contributed by atoms with Gasteiger partial charge in [-0.15, -0.1) is 6.58 Å². The summed E-state index contributed by atoms with van der Waals surface area (Å²) >= 11 is 0. The topological polar surface area (TPSA) is 46.5 Å². The lowest BCUT2D eigenvalue weighted by Gasteiger charge is -2.05. The fourth-order valence-corrected chi connectivity index (χ4v) is 3.16. The quantitative estimate of drug-likeness (QED) is 0.198. The fourth-order valence-electron chi connectivity index (χ4n) is 3.16. The van der Waals surface area contributed by atoms with Crippen LogP contribution in [0, 0.1) is 0 Å². The van der Waals surface area contributed by atoms with Crippen molar-refractivity contribution in [2.75, 3.05) is 0 Å². The molecule has 1 rings (SSSR count). The lowest BCUT2D eigenvalue weighted by molar-refractivity contribution is -0.138. The molecule has 24 heavy (non-hydrogen) atoms. The Hall–Kier alpha value is -1.09. The van der Waals surface area contributed by atoms with Crippen LogP contribution >= 0.6 is 0 Å². The molecule has 3 heteroatoms. The van der Waals surface area contributed by atoms with Gasteiger partial charge in [-0.25, -0.2) is 4.79 Å². The van der Waals surface area contributed by atoms with Gasteiger partial charge in [0, 0.05) is 0 Å². The van der Waals surface area contributed by atoms with Crippen LogP contribution in [0.2, 0.25) is 0 Å². The van der Waals surface area contributed by atoms with Crippen molar-refractivity contribution < 1.29 is 14.6 Å². The normalized spacial score (nSPS) is 22.1. The van der Waals surface area contributed by atoms with E-state index in [2.05, 4.69) is 6.58 Å². The minimum atomic E-state index is -0.741. The van der Waals surface area contributed by atoms with Gasteiger partial charge in [0.2, 0.25) is 0 Å². The van der Waals surface area contributed by atoms with Crippen molar-refractivity contribution in [2.24, 2.45) is 0 Å². The highest BCUT2D eigenvalue weighted by Crippen LogP contribution is 2.22. The zero-order chi connectivity index (χ0) is 17.6. The van der Waals surface area contributed by atoms with Crippen LogP contribution in [0.15, 0.2) is 24.3 Å². The maximum atomic E-state index is 11.5. The summed E-state index contributed by atoms with van der Waals surface area (Å²) in [7, 11) is 0. The van der Waals surface area contributed by atoms with Crippen LogP contribution in [0.3, 0.4) is 0 Å². The molecule has 0 aromatic heterocycles. The fraction of sp³-hybridized carbons (Fsp3) is 0.762. The van der Waals surface area contributed by atoms with Crippen LogP contribution in [0.4, 0.5) is 0 Å². The second-order valence-electron chi connectivity index (χ2n) is 6.97. The molecule has 0 amide bonds. The van der Waals surface area contributed by atoms with E-state index in [9.17, 15) is 9.90 Å². The smallest absolute Gasteiger partial charge is 0.336 e. The lowest BCUT2D eigenvalue weighted by Crippen LogP contribution is -2.17. The third-order valence-electron chi connectivity index (χ3n) is 4.77. The van der Waals surface area contributed by atoms with Crippen LogP contribution in [0.25, 0.3) is 0 Å². The molecule has 1 aliphatic heterocycles. The van der Waals surface area contributed by atoms with Crippen molar-refractivity contribution in [1.82, 2.24) is 0 Å². The monoisotopic (exact) mass is 336 g/mol. The van der Waals surface area contributed by atoms with Crippen LogP contribution in [-0.4, -0.2) is 23.3 Å². The zero-order valence-corrected chi connectivity index (χ0v) is 15.5. The molecule has 138 valence electrons. The first-order chi connectivity index (χ1) is 11.7. The van der Waals surface area contributed by atoms with Crippen molar-refractivity contribution >= 4 is 5.97 Å². The van der Waals surface area contributed by atoms with E-state index >= 15 is 0 Å². The second-order valence-corrected chi connectivity index (χ2v) is 6.97. The average Bonchev–Trinajstić information content (AvgIpc) is 2.81. The van der Waals surface area contributed by atoms with Gasteiger partial charge < -0.3 is 9.84 Å². The summed E-state index contributed by atoms with van der Waals surface area (Å²) < 4.78 is 4.99. The van der Waals surface area contributed by atoms with Gasteiger partial charge in [0.1, 0.15) is 12.2 Å². The third-order valence-corrected chi connectivity index (χ3v) is 4.77. The third kappa shape index (κ3) is 8.68. The summed E-state index contributed by atoms with van der Waals surface area (Å²) in [5.41, 5.74) is 0.454. The molecule has 2 atom stereocenters. The van der Waals surface area contributed by atoms with Gasteiger partial charge in [-0.05, 0) is 32.6 Å². The molecule has 0 bridgehead atoms. The number of esters is 1. The molecule has 0 aliphatic carbocycles. The van der Waals surface area contributed by atoms with Crippen molar-refractivity contribution in [3.8, 4) is 0 Å². The van der Waals surface area contributed by atoms with Crippen LogP contribution in [0.1, 0.15) is 90.4 Å². The van der Waals surface area contributed by atoms with Gasteiger partial charge in [-0.1, -0.05) is 69.9 Å². The highest BCUT2D eigenvalue weighted by atomic mass is 16.6. The van der Waals surface area contributed by atoms with Crippen LogP contribution < -0.4 is 0 Å².